The van der Waals surface area contributed by atoms with Crippen molar-refractivity contribution in [3.05, 3.63) is 18.2 Å². The number of imidazole rings is 1. The minimum Gasteiger partial charge on any atom is -0.338 e. The second kappa shape index (κ2) is 6.93. The summed E-state index contributed by atoms with van der Waals surface area (Å²) in [6.45, 7) is 12.7. The average Bonchev–Trinajstić information content (AvgIpc) is 2.90. The number of nitrogens with zero attached hydrogens (tertiary/aromatic N) is 3. The third kappa shape index (κ3) is 3.86. The van der Waals surface area contributed by atoms with Crippen molar-refractivity contribution in [3.63, 3.8) is 0 Å². The summed E-state index contributed by atoms with van der Waals surface area (Å²) in [6, 6.07) is 0.648. The van der Waals surface area contributed by atoms with E-state index in [9.17, 15) is 0 Å². The predicted molar refractivity (Wildman–Crippen MR) is 88.4 cm³/mol. The Morgan fingerprint density at radius 2 is 2.24 bits per heavy atom. The molecular weight excluding hydrogens is 260 g/mol. The Bertz CT molecular complexity index is 442. The molecule has 1 aromatic rings. The molecule has 3 unspecified atom stereocenters. The largest absolute Gasteiger partial charge is 0.338 e. The van der Waals surface area contributed by atoms with Crippen LogP contribution in [0.4, 0.5) is 0 Å². The molecule has 0 saturated carbocycles. The zero-order chi connectivity index (χ0) is 15.5. The first-order chi connectivity index (χ1) is 9.99. The molecule has 2 rings (SSSR count). The lowest BCUT2D eigenvalue weighted by atomic mass is 9.88. The molecule has 120 valence electrons. The van der Waals surface area contributed by atoms with E-state index in [2.05, 4.69) is 54.5 Å². The second-order valence-electron chi connectivity index (χ2n) is 6.92. The number of aryl methyl sites for hydroxylation is 1. The number of piperazine rings is 1. The highest BCUT2D eigenvalue weighted by Gasteiger charge is 2.36. The molecule has 3 atom stereocenters. The van der Waals surface area contributed by atoms with E-state index in [-0.39, 0.29) is 5.54 Å². The third-order valence-corrected chi connectivity index (χ3v) is 5.38. The summed E-state index contributed by atoms with van der Waals surface area (Å²) in [5.74, 6) is 1.93. The van der Waals surface area contributed by atoms with Crippen molar-refractivity contribution in [1.29, 1.82) is 0 Å². The first-order valence-electron chi connectivity index (χ1n) is 8.44. The first kappa shape index (κ1) is 16.5. The predicted octanol–water partition coefficient (Wildman–Crippen LogP) is 2.45. The summed E-state index contributed by atoms with van der Waals surface area (Å²) in [5.41, 5.74) is 0.256. The molecule has 1 saturated heterocycles. The van der Waals surface area contributed by atoms with Crippen molar-refractivity contribution in [2.24, 2.45) is 13.0 Å². The number of nitrogens with one attached hydrogen (secondary N) is 1. The van der Waals surface area contributed by atoms with Crippen LogP contribution in [-0.2, 0) is 13.5 Å². The molecule has 1 fully saturated rings. The van der Waals surface area contributed by atoms with E-state index in [1.54, 1.807) is 0 Å². The highest BCUT2D eigenvalue weighted by atomic mass is 15.3. The molecule has 0 radical (unpaired) electrons. The number of rotatable bonds is 6. The van der Waals surface area contributed by atoms with Gasteiger partial charge in [-0.25, -0.2) is 4.98 Å². The van der Waals surface area contributed by atoms with Gasteiger partial charge in [0.1, 0.15) is 5.82 Å². The molecule has 0 amide bonds. The van der Waals surface area contributed by atoms with Crippen LogP contribution in [0.15, 0.2) is 12.4 Å². The van der Waals surface area contributed by atoms with E-state index in [0.717, 1.165) is 32.0 Å². The SMILES string of the molecule is CCC(C)C1CNC(C)(CC)CN1CCc1nccn1C. The number of aromatic nitrogens is 2. The topological polar surface area (TPSA) is 33.1 Å². The Morgan fingerprint density at radius 3 is 2.81 bits per heavy atom. The van der Waals surface area contributed by atoms with E-state index in [1.807, 2.05) is 12.4 Å². The smallest absolute Gasteiger partial charge is 0.109 e. The van der Waals surface area contributed by atoms with E-state index in [1.165, 1.54) is 18.7 Å². The van der Waals surface area contributed by atoms with Gasteiger partial charge in [-0.3, -0.25) is 4.90 Å². The molecule has 1 aliphatic heterocycles. The van der Waals surface area contributed by atoms with Crippen molar-refractivity contribution >= 4 is 0 Å². The normalized spacial score (nSPS) is 28.7. The van der Waals surface area contributed by atoms with Crippen molar-refractivity contribution < 1.29 is 0 Å². The Balaban J connectivity index is 2.04. The van der Waals surface area contributed by atoms with Crippen LogP contribution in [0.1, 0.15) is 46.4 Å². The van der Waals surface area contributed by atoms with E-state index < -0.39 is 0 Å². The minimum absolute atomic E-state index is 0.256. The number of hydrogen-bond acceptors (Lipinski definition) is 3. The Labute approximate surface area is 129 Å². The first-order valence-corrected chi connectivity index (χ1v) is 8.44. The highest BCUT2D eigenvalue weighted by molar-refractivity contribution is 4.98. The van der Waals surface area contributed by atoms with Crippen LogP contribution in [0.25, 0.3) is 0 Å². The van der Waals surface area contributed by atoms with E-state index in [0.29, 0.717) is 6.04 Å². The van der Waals surface area contributed by atoms with Crippen LogP contribution < -0.4 is 5.32 Å². The lowest BCUT2D eigenvalue weighted by Crippen LogP contribution is -2.64. The maximum atomic E-state index is 4.47. The Kier molecular flexibility index (Phi) is 5.44. The van der Waals surface area contributed by atoms with Crippen molar-refractivity contribution in [1.82, 2.24) is 19.8 Å². The maximum absolute atomic E-state index is 4.47. The van der Waals surface area contributed by atoms with Gasteiger partial charge in [-0.05, 0) is 19.3 Å². The summed E-state index contributed by atoms with van der Waals surface area (Å²) >= 11 is 0. The quantitative estimate of drug-likeness (QED) is 0.874. The molecule has 4 heteroatoms. The zero-order valence-electron chi connectivity index (χ0n) is 14.4. The van der Waals surface area contributed by atoms with Gasteiger partial charge in [0.05, 0.1) is 0 Å². The van der Waals surface area contributed by atoms with Gasteiger partial charge in [0, 0.05) is 57.1 Å². The molecule has 21 heavy (non-hydrogen) atoms. The summed E-state index contributed by atoms with van der Waals surface area (Å²) in [7, 11) is 2.09. The average molecular weight is 292 g/mol. The van der Waals surface area contributed by atoms with Crippen LogP contribution >= 0.6 is 0 Å². The molecular formula is C17H32N4. The molecule has 1 N–H and O–H groups in total. The van der Waals surface area contributed by atoms with Crippen molar-refractivity contribution in [3.8, 4) is 0 Å². The highest BCUT2D eigenvalue weighted by Crippen LogP contribution is 2.24. The Hall–Kier alpha value is -0.870. The van der Waals surface area contributed by atoms with E-state index >= 15 is 0 Å². The molecule has 0 bridgehead atoms. The van der Waals surface area contributed by atoms with Gasteiger partial charge in [-0.2, -0.15) is 0 Å². The lowest BCUT2D eigenvalue weighted by Gasteiger charge is -2.48. The zero-order valence-corrected chi connectivity index (χ0v) is 14.4. The molecule has 1 aromatic heterocycles. The lowest BCUT2D eigenvalue weighted by molar-refractivity contribution is 0.0555. The minimum atomic E-state index is 0.256. The summed E-state index contributed by atoms with van der Waals surface area (Å²) < 4.78 is 2.14. The molecule has 4 nitrogen and oxygen atoms in total. The molecule has 0 spiro atoms. The van der Waals surface area contributed by atoms with Gasteiger partial charge in [0.15, 0.2) is 0 Å². The fraction of sp³-hybridized carbons (Fsp3) is 0.824. The summed E-state index contributed by atoms with van der Waals surface area (Å²) in [6.07, 6.45) is 7.40. The fourth-order valence-electron chi connectivity index (χ4n) is 3.30. The summed E-state index contributed by atoms with van der Waals surface area (Å²) in [5, 5.41) is 3.78. The fourth-order valence-corrected chi connectivity index (χ4v) is 3.30. The van der Waals surface area contributed by atoms with Gasteiger partial charge in [0.2, 0.25) is 0 Å². The van der Waals surface area contributed by atoms with Gasteiger partial charge in [-0.15, -0.1) is 0 Å². The standard InChI is InChI=1S/C17H32N4/c1-6-14(3)15-12-19-17(4,7-2)13-21(15)10-8-16-18-9-11-20(16)5/h9,11,14-15,19H,6-8,10,12-13H2,1-5H3. The molecule has 0 aliphatic carbocycles. The van der Waals surface area contributed by atoms with Crippen LogP contribution in [0, 0.1) is 5.92 Å². The van der Waals surface area contributed by atoms with Crippen molar-refractivity contribution in [2.75, 3.05) is 19.6 Å². The van der Waals surface area contributed by atoms with Gasteiger partial charge < -0.3 is 9.88 Å². The van der Waals surface area contributed by atoms with Crippen LogP contribution in [0.2, 0.25) is 0 Å². The van der Waals surface area contributed by atoms with Crippen LogP contribution in [0.5, 0.6) is 0 Å². The van der Waals surface area contributed by atoms with Gasteiger partial charge in [0.25, 0.3) is 0 Å². The molecule has 0 aromatic carbocycles. The monoisotopic (exact) mass is 292 g/mol. The van der Waals surface area contributed by atoms with Crippen molar-refractivity contribution in [2.45, 2.75) is 58.5 Å². The summed E-state index contributed by atoms with van der Waals surface area (Å²) in [4.78, 5) is 7.16. The van der Waals surface area contributed by atoms with E-state index in [4.69, 9.17) is 0 Å². The molecule has 2 heterocycles. The number of hydrogen-bond donors (Lipinski definition) is 1. The third-order valence-electron chi connectivity index (χ3n) is 5.38. The van der Waals surface area contributed by atoms with Crippen LogP contribution in [0.3, 0.4) is 0 Å². The molecule has 1 aliphatic rings. The van der Waals surface area contributed by atoms with Gasteiger partial charge >= 0.3 is 0 Å². The second-order valence-corrected chi connectivity index (χ2v) is 6.92. The Morgan fingerprint density at radius 1 is 1.48 bits per heavy atom. The van der Waals surface area contributed by atoms with Gasteiger partial charge in [-0.1, -0.05) is 27.2 Å². The van der Waals surface area contributed by atoms with Crippen LogP contribution in [-0.4, -0.2) is 45.7 Å². The maximum Gasteiger partial charge on any atom is 0.109 e.